The Hall–Kier alpha value is -0.420. The number of alkyl halides is 6. The highest BCUT2D eigenvalue weighted by Gasteiger charge is 1.86. The third-order valence-electron chi connectivity index (χ3n) is 0. The second-order valence-electron chi connectivity index (χ2n) is 0.348. The predicted octanol–water partition coefficient (Wildman–Crippen LogP) is 2.65. The minimum absolute atomic E-state index is 0.500. The Morgan fingerprint density at radius 1 is 1.00 bits per heavy atom. The standard InChI is InChI=1S/CHF3.CH2F2.CH3F/c2-1(3)4;2-1-3;1-2/h1H;1H2;1H3. The minimum Gasteiger partial charge on any atom is -0.255 e. The molecule has 0 aliphatic rings. The molecule has 0 saturated carbocycles. The number of halogens is 6. The topological polar surface area (TPSA) is 0 Å². The smallest absolute Gasteiger partial charge is 0.255 e. The second-order valence-corrected chi connectivity index (χ2v) is 0.348. The van der Waals surface area contributed by atoms with E-state index >= 15 is 0 Å². The molecule has 0 aliphatic heterocycles. The summed E-state index contributed by atoms with van der Waals surface area (Å²) in [7, 11) is 0.500. The van der Waals surface area contributed by atoms with Gasteiger partial charge in [0.25, 0.3) is 0 Å². The molecule has 0 unspecified atom stereocenters. The Bertz CT molecular complexity index is 19.5. The van der Waals surface area contributed by atoms with Gasteiger partial charge >= 0.3 is 6.68 Å². The van der Waals surface area contributed by atoms with Gasteiger partial charge in [-0.05, 0) is 0 Å². The van der Waals surface area contributed by atoms with Crippen LogP contribution in [0.25, 0.3) is 0 Å². The van der Waals surface area contributed by atoms with E-state index in [4.69, 9.17) is 0 Å². The van der Waals surface area contributed by atoms with E-state index in [1.54, 1.807) is 0 Å². The van der Waals surface area contributed by atoms with Gasteiger partial charge in [0.2, 0.25) is 6.93 Å². The summed E-state index contributed by atoms with van der Waals surface area (Å²) in [5.74, 6) is 0. The van der Waals surface area contributed by atoms with E-state index in [-0.39, 0.29) is 0 Å². The van der Waals surface area contributed by atoms with Gasteiger partial charge in [-0.25, -0.2) is 8.78 Å². The molecule has 0 nitrogen and oxygen atoms in total. The molecule has 0 spiro atoms. The van der Waals surface area contributed by atoms with Gasteiger partial charge in [-0.1, -0.05) is 0 Å². The van der Waals surface area contributed by atoms with E-state index in [1.165, 1.54) is 0 Å². The van der Waals surface area contributed by atoms with Crippen LogP contribution in [-0.4, -0.2) is 20.8 Å². The highest BCUT2D eigenvalue weighted by Crippen LogP contribution is 1.87. The van der Waals surface area contributed by atoms with E-state index in [0.717, 1.165) is 0 Å². The lowest BCUT2D eigenvalue weighted by Gasteiger charge is -1.65. The zero-order valence-corrected chi connectivity index (χ0v) is 4.55. The van der Waals surface area contributed by atoms with Crippen molar-refractivity contribution in [3.05, 3.63) is 0 Å². The first-order chi connectivity index (χ1) is 4.15. The first kappa shape index (κ1) is 15.8. The van der Waals surface area contributed by atoms with Gasteiger partial charge in [-0.3, -0.25) is 4.39 Å². The molecule has 0 aromatic rings. The summed E-state index contributed by atoms with van der Waals surface area (Å²) in [5.41, 5.74) is 0. The van der Waals surface area contributed by atoms with Crippen molar-refractivity contribution >= 4 is 0 Å². The van der Waals surface area contributed by atoms with E-state index < -0.39 is 13.6 Å². The Morgan fingerprint density at radius 3 is 1.00 bits per heavy atom. The van der Waals surface area contributed by atoms with Gasteiger partial charge in [0.1, 0.15) is 0 Å². The Labute approximate surface area is 48.5 Å². The maximum Gasteiger partial charge on any atom is 0.379 e. The van der Waals surface area contributed by atoms with Gasteiger partial charge in [-0.15, -0.1) is 0 Å². The quantitative estimate of drug-likeness (QED) is 0.473. The Kier molecular flexibility index (Phi) is 45.0. The fraction of sp³-hybridized carbons (Fsp3) is 1.00. The van der Waals surface area contributed by atoms with E-state index in [1.807, 2.05) is 0 Å². The van der Waals surface area contributed by atoms with Crippen LogP contribution in [0, 0.1) is 0 Å². The number of rotatable bonds is 0. The zero-order chi connectivity index (χ0) is 8.28. The van der Waals surface area contributed by atoms with Crippen LogP contribution in [0.1, 0.15) is 0 Å². The maximum atomic E-state index is 9.67. The monoisotopic (exact) mass is 156 g/mol. The van der Waals surface area contributed by atoms with Crippen LogP contribution in [0.5, 0.6) is 0 Å². The SMILES string of the molecule is CF.FC(F)F.FCF. The molecule has 6 heteroatoms. The minimum atomic E-state index is -3.67. The molecule has 0 heterocycles. The average molecular weight is 156 g/mol. The van der Waals surface area contributed by atoms with Gasteiger partial charge in [0.05, 0.1) is 7.18 Å². The van der Waals surface area contributed by atoms with Crippen LogP contribution in [0.3, 0.4) is 0 Å². The maximum absolute atomic E-state index is 9.67. The van der Waals surface area contributed by atoms with Crippen LogP contribution >= 0.6 is 0 Å². The van der Waals surface area contributed by atoms with Crippen LogP contribution in [0.15, 0.2) is 0 Å². The van der Waals surface area contributed by atoms with Crippen molar-refractivity contribution < 1.29 is 26.3 Å². The van der Waals surface area contributed by atoms with Crippen molar-refractivity contribution in [3.8, 4) is 0 Å². The molecule has 9 heavy (non-hydrogen) atoms. The molecular weight excluding hydrogens is 150 g/mol. The van der Waals surface area contributed by atoms with E-state index in [9.17, 15) is 26.3 Å². The molecule has 0 atom stereocenters. The van der Waals surface area contributed by atoms with E-state index in [0.29, 0.717) is 7.18 Å². The lowest BCUT2D eigenvalue weighted by Crippen LogP contribution is -1.65. The van der Waals surface area contributed by atoms with Crippen molar-refractivity contribution in [2.24, 2.45) is 0 Å². The van der Waals surface area contributed by atoms with Crippen LogP contribution < -0.4 is 0 Å². The van der Waals surface area contributed by atoms with Crippen LogP contribution in [0.2, 0.25) is 0 Å². The molecule has 0 rings (SSSR count). The fourth-order valence-corrected chi connectivity index (χ4v) is 0. The lowest BCUT2D eigenvalue weighted by atomic mass is 11.6. The highest BCUT2D eigenvalue weighted by molar-refractivity contribution is 3.83. The third-order valence-corrected chi connectivity index (χ3v) is 0. The lowest BCUT2D eigenvalue weighted by molar-refractivity contribution is 0.00819. The Morgan fingerprint density at radius 2 is 1.00 bits per heavy atom. The number of hydrogen-bond donors (Lipinski definition) is 0. The third kappa shape index (κ3) is 1340. The first-order valence-corrected chi connectivity index (χ1v) is 1.57. The molecule has 0 radical (unpaired) electrons. The molecule has 0 saturated heterocycles. The summed E-state index contributed by atoms with van der Waals surface area (Å²) in [5, 5.41) is 0. The van der Waals surface area contributed by atoms with Gasteiger partial charge in [-0.2, -0.15) is 13.2 Å². The molecular formula is C3H6F6. The summed E-state index contributed by atoms with van der Waals surface area (Å²) in [6.07, 6.45) is 0. The van der Waals surface area contributed by atoms with Gasteiger partial charge in [0.15, 0.2) is 0 Å². The molecule has 0 fully saturated rings. The zero-order valence-electron chi connectivity index (χ0n) is 4.55. The largest absolute Gasteiger partial charge is 0.379 e. The van der Waals surface area contributed by atoms with Crippen molar-refractivity contribution in [2.75, 3.05) is 14.1 Å². The van der Waals surface area contributed by atoms with Crippen molar-refractivity contribution in [1.29, 1.82) is 0 Å². The molecule has 0 aromatic heterocycles. The van der Waals surface area contributed by atoms with Crippen molar-refractivity contribution in [3.63, 3.8) is 0 Å². The highest BCUT2D eigenvalue weighted by atomic mass is 19.4. The predicted molar refractivity (Wildman–Crippen MR) is 21.2 cm³/mol. The molecule has 0 bridgehead atoms. The molecule has 0 aromatic carbocycles. The average Bonchev–Trinajstić information content (AvgIpc) is 1.71. The molecule has 60 valence electrons. The molecule has 0 aliphatic carbocycles. The summed E-state index contributed by atoms with van der Waals surface area (Å²) >= 11 is 0. The summed E-state index contributed by atoms with van der Waals surface area (Å²) < 4.78 is 57.7. The molecule has 0 amide bonds. The van der Waals surface area contributed by atoms with Crippen molar-refractivity contribution in [1.82, 2.24) is 0 Å². The summed E-state index contributed by atoms with van der Waals surface area (Å²) in [4.78, 5) is 0. The van der Waals surface area contributed by atoms with Crippen molar-refractivity contribution in [2.45, 2.75) is 6.68 Å². The number of hydrogen-bond acceptors (Lipinski definition) is 0. The van der Waals surface area contributed by atoms with Gasteiger partial charge in [0, 0.05) is 0 Å². The second kappa shape index (κ2) is 25.6. The van der Waals surface area contributed by atoms with Gasteiger partial charge < -0.3 is 0 Å². The first-order valence-electron chi connectivity index (χ1n) is 1.57. The van der Waals surface area contributed by atoms with Crippen LogP contribution in [0.4, 0.5) is 26.3 Å². The normalized spacial score (nSPS) is 6.67. The summed E-state index contributed by atoms with van der Waals surface area (Å²) in [6.45, 7) is -5.42. The van der Waals surface area contributed by atoms with E-state index in [2.05, 4.69) is 0 Å². The summed E-state index contributed by atoms with van der Waals surface area (Å²) in [6, 6.07) is 0. The Balaban J connectivity index is -0.0000000646. The molecule has 0 N–H and O–H groups in total. The fourth-order valence-electron chi connectivity index (χ4n) is 0. The van der Waals surface area contributed by atoms with Crippen LogP contribution in [-0.2, 0) is 0 Å².